The van der Waals surface area contributed by atoms with Gasteiger partial charge in [0.1, 0.15) is 11.5 Å². The number of hydrogen-bond acceptors (Lipinski definition) is 4. The molecule has 0 aromatic heterocycles. The number of nitro benzene ring substituents is 1. The standard InChI is InChI=1S/C14H13FN2O2S/c1-16-12-8-10(6-7-13(12)17(18)19)9-20-14-5-3-2-4-11(14)15/h2-8,16H,9H2,1H3. The van der Waals surface area contributed by atoms with E-state index in [9.17, 15) is 14.5 Å². The van der Waals surface area contributed by atoms with Crippen molar-refractivity contribution in [3.05, 3.63) is 64.0 Å². The maximum absolute atomic E-state index is 13.5. The van der Waals surface area contributed by atoms with E-state index in [1.165, 1.54) is 23.9 Å². The van der Waals surface area contributed by atoms with E-state index in [2.05, 4.69) is 5.32 Å². The van der Waals surface area contributed by atoms with Crippen LogP contribution in [0.5, 0.6) is 0 Å². The molecule has 20 heavy (non-hydrogen) atoms. The Kier molecular flexibility index (Phi) is 4.57. The van der Waals surface area contributed by atoms with Crippen molar-refractivity contribution in [2.45, 2.75) is 10.6 Å². The quantitative estimate of drug-likeness (QED) is 0.513. The Morgan fingerprint density at radius 3 is 2.70 bits per heavy atom. The molecule has 0 saturated heterocycles. The van der Waals surface area contributed by atoms with Crippen molar-refractivity contribution in [3.8, 4) is 0 Å². The van der Waals surface area contributed by atoms with Crippen molar-refractivity contribution in [1.82, 2.24) is 0 Å². The molecule has 6 heteroatoms. The molecular formula is C14H13FN2O2S. The highest BCUT2D eigenvalue weighted by Crippen LogP contribution is 2.29. The van der Waals surface area contributed by atoms with Gasteiger partial charge in [0.2, 0.25) is 0 Å². The van der Waals surface area contributed by atoms with Crippen LogP contribution in [0.2, 0.25) is 0 Å². The zero-order valence-corrected chi connectivity index (χ0v) is 11.6. The Bertz CT molecular complexity index is 634. The lowest BCUT2D eigenvalue weighted by Gasteiger charge is -2.06. The van der Waals surface area contributed by atoms with Crippen molar-refractivity contribution in [1.29, 1.82) is 0 Å². The fourth-order valence-electron chi connectivity index (χ4n) is 1.76. The minimum Gasteiger partial charge on any atom is -0.383 e. The predicted molar refractivity (Wildman–Crippen MR) is 78.6 cm³/mol. The van der Waals surface area contributed by atoms with Crippen molar-refractivity contribution < 1.29 is 9.31 Å². The van der Waals surface area contributed by atoms with Gasteiger partial charge in [-0.2, -0.15) is 0 Å². The van der Waals surface area contributed by atoms with Crippen LogP contribution >= 0.6 is 11.8 Å². The number of rotatable bonds is 5. The van der Waals surface area contributed by atoms with Gasteiger partial charge >= 0.3 is 0 Å². The second-order valence-electron chi connectivity index (χ2n) is 4.08. The molecule has 0 saturated carbocycles. The van der Waals surface area contributed by atoms with Crippen molar-refractivity contribution in [2.24, 2.45) is 0 Å². The van der Waals surface area contributed by atoms with Crippen LogP contribution in [-0.2, 0) is 5.75 Å². The van der Waals surface area contributed by atoms with E-state index < -0.39 is 4.92 Å². The number of halogens is 1. The van der Waals surface area contributed by atoms with Crippen LogP contribution in [-0.4, -0.2) is 12.0 Å². The summed E-state index contributed by atoms with van der Waals surface area (Å²) < 4.78 is 13.5. The highest BCUT2D eigenvalue weighted by molar-refractivity contribution is 7.98. The number of nitrogens with one attached hydrogen (secondary N) is 1. The lowest BCUT2D eigenvalue weighted by atomic mass is 10.2. The van der Waals surface area contributed by atoms with Gasteiger partial charge in [-0.15, -0.1) is 11.8 Å². The monoisotopic (exact) mass is 292 g/mol. The van der Waals surface area contributed by atoms with E-state index in [0.29, 0.717) is 16.3 Å². The normalized spacial score (nSPS) is 10.3. The second kappa shape index (κ2) is 6.38. The first-order chi connectivity index (χ1) is 9.61. The third-order valence-corrected chi connectivity index (χ3v) is 3.88. The summed E-state index contributed by atoms with van der Waals surface area (Å²) in [6, 6.07) is 11.4. The van der Waals surface area contributed by atoms with Crippen LogP contribution in [0, 0.1) is 15.9 Å². The Morgan fingerprint density at radius 1 is 1.30 bits per heavy atom. The summed E-state index contributed by atoms with van der Waals surface area (Å²) >= 11 is 1.36. The fraction of sp³-hybridized carbons (Fsp3) is 0.143. The average Bonchev–Trinajstić information content (AvgIpc) is 2.46. The Morgan fingerprint density at radius 2 is 2.05 bits per heavy atom. The van der Waals surface area contributed by atoms with Crippen LogP contribution in [0.4, 0.5) is 15.8 Å². The molecule has 2 aromatic rings. The van der Waals surface area contributed by atoms with Crippen LogP contribution in [0.15, 0.2) is 47.4 Å². The highest BCUT2D eigenvalue weighted by Gasteiger charge is 2.13. The van der Waals surface area contributed by atoms with Gasteiger partial charge in [0.15, 0.2) is 0 Å². The third kappa shape index (κ3) is 3.27. The average molecular weight is 292 g/mol. The van der Waals surface area contributed by atoms with Gasteiger partial charge in [0, 0.05) is 23.8 Å². The molecule has 0 atom stereocenters. The number of nitrogens with zero attached hydrogens (tertiary/aromatic N) is 1. The number of benzene rings is 2. The molecule has 0 aliphatic rings. The summed E-state index contributed by atoms with van der Waals surface area (Å²) in [4.78, 5) is 11.0. The van der Waals surface area contributed by atoms with Gasteiger partial charge in [0.05, 0.1) is 4.92 Å². The SMILES string of the molecule is CNc1cc(CSc2ccccc2F)ccc1[N+](=O)[O-]. The molecule has 0 radical (unpaired) electrons. The second-order valence-corrected chi connectivity index (χ2v) is 5.09. The molecule has 0 amide bonds. The number of anilines is 1. The molecule has 0 aliphatic carbocycles. The lowest BCUT2D eigenvalue weighted by molar-refractivity contribution is -0.383. The van der Waals surface area contributed by atoms with Gasteiger partial charge in [0.25, 0.3) is 5.69 Å². The Balaban J connectivity index is 2.15. The minimum absolute atomic E-state index is 0.0344. The zero-order valence-electron chi connectivity index (χ0n) is 10.8. The third-order valence-electron chi connectivity index (χ3n) is 2.76. The summed E-state index contributed by atoms with van der Waals surface area (Å²) in [5, 5.41) is 13.6. The van der Waals surface area contributed by atoms with Crippen LogP contribution < -0.4 is 5.32 Å². The molecule has 104 valence electrons. The maximum atomic E-state index is 13.5. The van der Waals surface area contributed by atoms with Crippen LogP contribution in [0.3, 0.4) is 0 Å². The Labute approximate surface area is 120 Å². The fourth-order valence-corrected chi connectivity index (χ4v) is 2.64. The van der Waals surface area contributed by atoms with E-state index in [4.69, 9.17) is 0 Å². The molecule has 2 aromatic carbocycles. The van der Waals surface area contributed by atoms with E-state index in [1.54, 1.807) is 37.4 Å². The molecule has 4 nitrogen and oxygen atoms in total. The van der Waals surface area contributed by atoms with Gasteiger partial charge < -0.3 is 5.32 Å². The smallest absolute Gasteiger partial charge is 0.292 e. The molecule has 0 unspecified atom stereocenters. The number of nitro groups is 1. The molecule has 0 aliphatic heterocycles. The first-order valence-corrected chi connectivity index (χ1v) is 6.93. The van der Waals surface area contributed by atoms with E-state index in [1.807, 2.05) is 0 Å². The highest BCUT2D eigenvalue weighted by atomic mass is 32.2. The number of hydrogen-bond donors (Lipinski definition) is 1. The molecular weight excluding hydrogens is 279 g/mol. The minimum atomic E-state index is -0.431. The summed E-state index contributed by atoms with van der Waals surface area (Å²) in [5.74, 6) is 0.293. The van der Waals surface area contributed by atoms with Crippen LogP contribution in [0.25, 0.3) is 0 Å². The Hall–Kier alpha value is -2.08. The molecule has 2 rings (SSSR count). The summed E-state index contributed by atoms with van der Waals surface area (Å²) in [6.45, 7) is 0. The number of thioether (sulfide) groups is 1. The van der Waals surface area contributed by atoms with Gasteiger partial charge in [-0.05, 0) is 23.8 Å². The summed E-state index contributed by atoms with van der Waals surface area (Å²) in [7, 11) is 1.64. The van der Waals surface area contributed by atoms with Gasteiger partial charge in [-0.1, -0.05) is 18.2 Å². The summed E-state index contributed by atoms with van der Waals surface area (Å²) in [6.07, 6.45) is 0. The molecule has 0 fully saturated rings. The van der Waals surface area contributed by atoms with E-state index >= 15 is 0 Å². The predicted octanol–water partition coefficient (Wildman–Crippen LogP) is 4.07. The van der Waals surface area contributed by atoms with Gasteiger partial charge in [-0.25, -0.2) is 4.39 Å². The topological polar surface area (TPSA) is 55.2 Å². The zero-order chi connectivity index (χ0) is 14.5. The lowest BCUT2D eigenvalue weighted by Crippen LogP contribution is -1.97. The van der Waals surface area contributed by atoms with Gasteiger partial charge in [-0.3, -0.25) is 10.1 Å². The largest absolute Gasteiger partial charge is 0.383 e. The van der Waals surface area contributed by atoms with Crippen molar-refractivity contribution in [3.63, 3.8) is 0 Å². The molecule has 0 bridgehead atoms. The van der Waals surface area contributed by atoms with Crippen LogP contribution in [0.1, 0.15) is 5.56 Å². The van der Waals surface area contributed by atoms with E-state index in [0.717, 1.165) is 5.56 Å². The molecule has 0 spiro atoms. The first kappa shape index (κ1) is 14.3. The molecule has 0 heterocycles. The van der Waals surface area contributed by atoms with Crippen molar-refractivity contribution in [2.75, 3.05) is 12.4 Å². The first-order valence-electron chi connectivity index (χ1n) is 5.94. The van der Waals surface area contributed by atoms with Crippen molar-refractivity contribution >= 4 is 23.1 Å². The maximum Gasteiger partial charge on any atom is 0.292 e. The summed E-state index contributed by atoms with van der Waals surface area (Å²) in [5.41, 5.74) is 1.39. The molecule has 1 N–H and O–H groups in total. The van der Waals surface area contributed by atoms with E-state index in [-0.39, 0.29) is 11.5 Å².